The number of amides is 1. The standard InChI is InChI=1S/C20H16FN3OS2/c1-13-16(10-22-24-19(25)12-27-20(24)26)15-7-3-5-9-18(15)23(13)11-14-6-2-4-8-17(14)21/h2-10H,11-12H2,1H3/b22-10-. The summed E-state index contributed by atoms with van der Waals surface area (Å²) in [4.78, 5) is 11.9. The lowest BCUT2D eigenvalue weighted by molar-refractivity contribution is -0.123. The molecule has 0 radical (unpaired) electrons. The van der Waals surface area contributed by atoms with E-state index in [1.807, 2.05) is 37.3 Å². The molecule has 0 aliphatic carbocycles. The predicted molar refractivity (Wildman–Crippen MR) is 112 cm³/mol. The van der Waals surface area contributed by atoms with Gasteiger partial charge in [-0.15, -0.1) is 0 Å². The highest BCUT2D eigenvalue weighted by molar-refractivity contribution is 8.23. The maximum atomic E-state index is 14.2. The van der Waals surface area contributed by atoms with Crippen LogP contribution in [0.2, 0.25) is 0 Å². The van der Waals surface area contributed by atoms with Crippen molar-refractivity contribution in [1.29, 1.82) is 0 Å². The summed E-state index contributed by atoms with van der Waals surface area (Å²) in [6, 6.07) is 14.7. The van der Waals surface area contributed by atoms with E-state index in [9.17, 15) is 9.18 Å². The summed E-state index contributed by atoms with van der Waals surface area (Å²) in [6.07, 6.45) is 1.67. The van der Waals surface area contributed by atoms with Crippen LogP contribution in [0.4, 0.5) is 4.39 Å². The van der Waals surface area contributed by atoms with Crippen LogP contribution < -0.4 is 0 Å². The second-order valence-electron chi connectivity index (χ2n) is 6.20. The number of carbonyl (C=O) groups is 1. The van der Waals surface area contributed by atoms with Gasteiger partial charge in [0, 0.05) is 27.7 Å². The third-order valence-electron chi connectivity index (χ3n) is 4.60. The summed E-state index contributed by atoms with van der Waals surface area (Å²) in [5, 5.41) is 6.58. The van der Waals surface area contributed by atoms with E-state index in [2.05, 4.69) is 9.67 Å². The van der Waals surface area contributed by atoms with Crippen molar-refractivity contribution in [3.63, 3.8) is 0 Å². The van der Waals surface area contributed by atoms with Crippen LogP contribution in [0.1, 0.15) is 16.8 Å². The number of fused-ring (bicyclic) bond motifs is 1. The smallest absolute Gasteiger partial charge is 0.259 e. The zero-order chi connectivity index (χ0) is 19.0. The zero-order valence-corrected chi connectivity index (χ0v) is 16.2. The zero-order valence-electron chi connectivity index (χ0n) is 14.6. The van der Waals surface area contributed by atoms with E-state index in [-0.39, 0.29) is 11.7 Å². The van der Waals surface area contributed by atoms with Crippen molar-refractivity contribution in [2.75, 3.05) is 5.75 Å². The number of benzene rings is 2. The number of carbonyl (C=O) groups excluding carboxylic acids is 1. The molecule has 0 bridgehead atoms. The Kier molecular flexibility index (Phi) is 4.80. The van der Waals surface area contributed by atoms with Gasteiger partial charge >= 0.3 is 0 Å². The number of halogens is 1. The monoisotopic (exact) mass is 397 g/mol. The van der Waals surface area contributed by atoms with Gasteiger partial charge in [0.1, 0.15) is 5.82 Å². The van der Waals surface area contributed by atoms with Crippen LogP contribution in [-0.2, 0) is 11.3 Å². The molecule has 136 valence electrons. The average molecular weight is 398 g/mol. The number of thioether (sulfide) groups is 1. The van der Waals surface area contributed by atoms with Crippen LogP contribution in [0.25, 0.3) is 10.9 Å². The first-order chi connectivity index (χ1) is 13.1. The van der Waals surface area contributed by atoms with E-state index < -0.39 is 0 Å². The van der Waals surface area contributed by atoms with E-state index >= 15 is 0 Å². The molecule has 1 aliphatic rings. The van der Waals surface area contributed by atoms with Crippen molar-refractivity contribution < 1.29 is 9.18 Å². The van der Waals surface area contributed by atoms with Crippen LogP contribution in [0, 0.1) is 12.7 Å². The molecule has 1 saturated heterocycles. The Balaban J connectivity index is 1.78. The second kappa shape index (κ2) is 7.25. The van der Waals surface area contributed by atoms with Crippen LogP contribution >= 0.6 is 24.0 Å². The summed E-state index contributed by atoms with van der Waals surface area (Å²) in [7, 11) is 0. The Morgan fingerprint density at radius 1 is 1.22 bits per heavy atom. The van der Waals surface area contributed by atoms with Gasteiger partial charge in [0.25, 0.3) is 5.91 Å². The topological polar surface area (TPSA) is 37.6 Å². The first-order valence-corrected chi connectivity index (χ1v) is 9.80. The molecule has 2 aromatic carbocycles. The van der Waals surface area contributed by atoms with Gasteiger partial charge < -0.3 is 4.57 Å². The van der Waals surface area contributed by atoms with E-state index in [0.29, 0.717) is 22.2 Å². The molecule has 3 aromatic rings. The lowest BCUT2D eigenvalue weighted by Gasteiger charge is -2.10. The number of hydrazone groups is 1. The van der Waals surface area contributed by atoms with Crippen molar-refractivity contribution in [2.24, 2.45) is 5.10 Å². The Morgan fingerprint density at radius 3 is 2.70 bits per heavy atom. The molecule has 0 unspecified atom stereocenters. The van der Waals surface area contributed by atoms with Crippen molar-refractivity contribution in [2.45, 2.75) is 13.5 Å². The summed E-state index contributed by atoms with van der Waals surface area (Å²) in [6.45, 7) is 2.39. The fraction of sp³-hybridized carbons (Fsp3) is 0.150. The maximum Gasteiger partial charge on any atom is 0.259 e. The minimum atomic E-state index is -0.227. The SMILES string of the molecule is Cc1c(/C=N\N2C(=O)CSC2=S)c2ccccc2n1Cc1ccccc1F. The third-order valence-corrected chi connectivity index (χ3v) is 5.93. The molecular weight excluding hydrogens is 381 g/mol. The molecule has 1 amide bonds. The maximum absolute atomic E-state index is 14.2. The van der Waals surface area contributed by atoms with Crippen molar-refractivity contribution in [3.8, 4) is 0 Å². The van der Waals surface area contributed by atoms with Crippen LogP contribution in [0.5, 0.6) is 0 Å². The number of hydrogen-bond donors (Lipinski definition) is 0. The summed E-state index contributed by atoms with van der Waals surface area (Å²) in [5.74, 6) is -0.0200. The van der Waals surface area contributed by atoms with E-state index in [0.717, 1.165) is 22.2 Å². The third kappa shape index (κ3) is 3.28. The van der Waals surface area contributed by atoms with E-state index in [1.165, 1.54) is 22.8 Å². The molecule has 7 heteroatoms. The molecule has 0 N–H and O–H groups in total. The van der Waals surface area contributed by atoms with Crippen LogP contribution in [-0.4, -0.2) is 31.8 Å². The van der Waals surface area contributed by atoms with Gasteiger partial charge in [-0.3, -0.25) is 4.79 Å². The van der Waals surface area contributed by atoms with Gasteiger partial charge in [-0.2, -0.15) is 10.1 Å². The van der Waals surface area contributed by atoms with Crippen molar-refractivity contribution in [3.05, 3.63) is 71.2 Å². The molecule has 1 aromatic heterocycles. The number of hydrogen-bond acceptors (Lipinski definition) is 4. The van der Waals surface area contributed by atoms with Crippen molar-refractivity contribution >= 4 is 51.3 Å². The number of rotatable bonds is 4. The fourth-order valence-corrected chi connectivity index (χ4v) is 4.16. The first kappa shape index (κ1) is 17.9. The first-order valence-electron chi connectivity index (χ1n) is 8.41. The van der Waals surface area contributed by atoms with E-state index in [1.54, 1.807) is 18.3 Å². The number of aromatic nitrogens is 1. The van der Waals surface area contributed by atoms with Crippen molar-refractivity contribution in [1.82, 2.24) is 9.58 Å². The largest absolute Gasteiger partial charge is 0.340 e. The van der Waals surface area contributed by atoms with Gasteiger partial charge in [-0.25, -0.2) is 4.39 Å². The fourth-order valence-electron chi connectivity index (χ4n) is 3.20. The molecule has 4 rings (SSSR count). The number of para-hydroxylation sites is 1. The van der Waals surface area contributed by atoms with Gasteiger partial charge in [0.05, 0.1) is 18.5 Å². The molecule has 0 atom stereocenters. The minimum absolute atomic E-state index is 0.117. The van der Waals surface area contributed by atoms with Gasteiger partial charge in [-0.1, -0.05) is 60.4 Å². The van der Waals surface area contributed by atoms with Gasteiger partial charge in [0.15, 0.2) is 4.32 Å². The minimum Gasteiger partial charge on any atom is -0.340 e. The normalized spacial score (nSPS) is 14.8. The molecule has 2 heterocycles. The highest BCUT2D eigenvalue weighted by Crippen LogP contribution is 2.27. The molecule has 4 nitrogen and oxygen atoms in total. The Bertz CT molecular complexity index is 1070. The molecule has 27 heavy (non-hydrogen) atoms. The highest BCUT2D eigenvalue weighted by atomic mass is 32.2. The molecule has 1 fully saturated rings. The quantitative estimate of drug-likeness (QED) is 0.486. The predicted octanol–water partition coefficient (Wildman–Crippen LogP) is 4.33. The average Bonchev–Trinajstić information content (AvgIpc) is 3.12. The molecular formula is C20H16FN3OS2. The summed E-state index contributed by atoms with van der Waals surface area (Å²) in [5.41, 5.74) is 3.46. The van der Waals surface area contributed by atoms with E-state index in [4.69, 9.17) is 12.2 Å². The molecule has 0 saturated carbocycles. The summed E-state index contributed by atoms with van der Waals surface area (Å²) < 4.78 is 16.7. The molecule has 1 aliphatic heterocycles. The highest BCUT2D eigenvalue weighted by Gasteiger charge is 2.26. The van der Waals surface area contributed by atoms with Crippen LogP contribution in [0.15, 0.2) is 53.6 Å². The second-order valence-corrected chi connectivity index (χ2v) is 7.81. The van der Waals surface area contributed by atoms with Crippen LogP contribution in [0.3, 0.4) is 0 Å². The lowest BCUT2D eigenvalue weighted by Crippen LogP contribution is -2.22. The van der Waals surface area contributed by atoms with Gasteiger partial charge in [-0.05, 0) is 19.1 Å². The summed E-state index contributed by atoms with van der Waals surface area (Å²) >= 11 is 6.49. The molecule has 0 spiro atoms. The number of thiocarbonyl (C=S) groups is 1. The number of nitrogens with zero attached hydrogens (tertiary/aromatic N) is 3. The Morgan fingerprint density at radius 2 is 1.96 bits per heavy atom. The Hall–Kier alpha value is -2.51. The lowest BCUT2D eigenvalue weighted by atomic mass is 10.1. The Labute approximate surface area is 165 Å². The van der Waals surface area contributed by atoms with Gasteiger partial charge in [0.2, 0.25) is 0 Å².